The molecule has 1 aliphatic heterocycles. The Labute approximate surface area is 179 Å². The van der Waals surface area contributed by atoms with Gasteiger partial charge in [-0.25, -0.2) is 0 Å². The molecule has 1 fully saturated rings. The van der Waals surface area contributed by atoms with Gasteiger partial charge in [-0.1, -0.05) is 43.7 Å². The Balaban J connectivity index is 1.53. The first-order valence-corrected chi connectivity index (χ1v) is 11.3. The molecule has 1 aromatic carbocycles. The zero-order valence-corrected chi connectivity index (χ0v) is 18.5. The van der Waals surface area contributed by atoms with Gasteiger partial charge in [0.2, 0.25) is 0 Å². The van der Waals surface area contributed by atoms with E-state index in [-0.39, 0.29) is 5.91 Å². The molecule has 0 unspecified atom stereocenters. The fourth-order valence-electron chi connectivity index (χ4n) is 4.53. The molecule has 162 valence electrons. The Morgan fingerprint density at radius 1 is 1.30 bits per heavy atom. The Kier molecular flexibility index (Phi) is 6.54. The highest BCUT2D eigenvalue weighted by Crippen LogP contribution is 2.27. The van der Waals surface area contributed by atoms with E-state index in [9.17, 15) is 4.79 Å². The van der Waals surface area contributed by atoms with E-state index in [1.807, 2.05) is 4.90 Å². The third-order valence-corrected chi connectivity index (χ3v) is 6.06. The van der Waals surface area contributed by atoms with Gasteiger partial charge < -0.3 is 15.0 Å². The highest BCUT2D eigenvalue weighted by molar-refractivity contribution is 5.94. The molecule has 0 radical (unpaired) electrons. The van der Waals surface area contributed by atoms with Gasteiger partial charge in [0, 0.05) is 43.5 Å². The first-order valence-electron chi connectivity index (χ1n) is 11.3. The van der Waals surface area contributed by atoms with Crippen LogP contribution in [0.3, 0.4) is 0 Å². The van der Waals surface area contributed by atoms with Crippen LogP contribution in [-0.4, -0.2) is 52.9 Å². The maximum Gasteiger partial charge on any atom is 0.274 e. The predicted octanol–water partition coefficient (Wildman–Crippen LogP) is 2.97. The number of morpholine rings is 1. The molecule has 1 saturated heterocycles. The Bertz CT molecular complexity index is 883. The molecule has 0 spiro atoms. The van der Waals surface area contributed by atoms with Crippen LogP contribution in [-0.2, 0) is 30.7 Å². The summed E-state index contributed by atoms with van der Waals surface area (Å²) in [5, 5.41) is 8.55. The Hall–Kier alpha value is -2.18. The highest BCUT2D eigenvalue weighted by Gasteiger charge is 2.31. The minimum Gasteiger partial charge on any atom is -0.378 e. The van der Waals surface area contributed by atoms with Crippen LogP contribution in [0.25, 0.3) is 0 Å². The van der Waals surface area contributed by atoms with Crippen LogP contribution in [0.5, 0.6) is 0 Å². The van der Waals surface area contributed by atoms with Crippen molar-refractivity contribution in [1.82, 2.24) is 20.0 Å². The molecule has 2 aromatic rings. The van der Waals surface area contributed by atoms with E-state index in [0.29, 0.717) is 44.0 Å². The van der Waals surface area contributed by atoms with Crippen molar-refractivity contribution in [3.63, 3.8) is 0 Å². The molecule has 6 heteroatoms. The molecule has 1 atom stereocenters. The lowest BCUT2D eigenvalue weighted by atomic mass is 9.90. The number of carbonyl (C=O) groups is 1. The van der Waals surface area contributed by atoms with Crippen molar-refractivity contribution in [2.75, 3.05) is 26.3 Å². The second kappa shape index (κ2) is 9.31. The summed E-state index contributed by atoms with van der Waals surface area (Å²) in [5.41, 5.74) is 5.66. The van der Waals surface area contributed by atoms with Gasteiger partial charge in [0.05, 0.1) is 13.2 Å². The molecule has 1 N–H and O–H groups in total. The van der Waals surface area contributed by atoms with Crippen molar-refractivity contribution in [2.45, 2.75) is 59.2 Å². The zero-order valence-electron chi connectivity index (χ0n) is 18.5. The number of ether oxygens (including phenoxy) is 1. The fraction of sp³-hybridized carbons (Fsp3) is 0.583. The number of rotatable bonds is 6. The SMILES string of the molecule is Cc1cccc(CN[C@H]2CCc3c(c(C(=O)N4CCOCC4)nn3CC(C)C)C2)c1. The number of hydrogen-bond acceptors (Lipinski definition) is 4. The number of aryl methyl sites for hydroxylation is 1. The molecule has 1 aliphatic carbocycles. The third-order valence-electron chi connectivity index (χ3n) is 6.06. The van der Waals surface area contributed by atoms with Crippen molar-refractivity contribution in [2.24, 2.45) is 5.92 Å². The first kappa shape index (κ1) is 21.1. The first-order chi connectivity index (χ1) is 14.5. The van der Waals surface area contributed by atoms with Crippen LogP contribution in [0.15, 0.2) is 24.3 Å². The van der Waals surface area contributed by atoms with Gasteiger partial charge in [-0.3, -0.25) is 9.48 Å². The minimum atomic E-state index is 0.0661. The molecule has 4 rings (SSSR count). The van der Waals surface area contributed by atoms with Gasteiger partial charge in [0.15, 0.2) is 5.69 Å². The number of nitrogens with zero attached hydrogens (tertiary/aromatic N) is 3. The Morgan fingerprint density at radius 3 is 2.83 bits per heavy atom. The summed E-state index contributed by atoms with van der Waals surface area (Å²) in [5.74, 6) is 0.564. The van der Waals surface area contributed by atoms with Crippen LogP contribution in [0.4, 0.5) is 0 Å². The van der Waals surface area contributed by atoms with Crippen LogP contribution in [0.2, 0.25) is 0 Å². The topological polar surface area (TPSA) is 59.4 Å². The van der Waals surface area contributed by atoms with E-state index in [4.69, 9.17) is 9.84 Å². The summed E-state index contributed by atoms with van der Waals surface area (Å²) in [6.45, 7) is 10.8. The molecule has 30 heavy (non-hydrogen) atoms. The van der Waals surface area contributed by atoms with Gasteiger partial charge in [0.1, 0.15) is 0 Å². The molecular weight excluding hydrogens is 376 g/mol. The quantitative estimate of drug-likeness (QED) is 0.795. The number of hydrogen-bond donors (Lipinski definition) is 1. The van der Waals surface area contributed by atoms with Gasteiger partial charge in [-0.05, 0) is 37.7 Å². The fourth-order valence-corrected chi connectivity index (χ4v) is 4.53. The molecular formula is C24H34N4O2. The van der Waals surface area contributed by atoms with E-state index in [0.717, 1.165) is 37.9 Å². The molecule has 0 bridgehead atoms. The summed E-state index contributed by atoms with van der Waals surface area (Å²) in [4.78, 5) is 15.2. The smallest absolute Gasteiger partial charge is 0.274 e. The third kappa shape index (κ3) is 4.76. The van der Waals surface area contributed by atoms with E-state index < -0.39 is 0 Å². The lowest BCUT2D eigenvalue weighted by Gasteiger charge is -2.28. The average molecular weight is 411 g/mol. The second-order valence-electron chi connectivity index (χ2n) is 9.06. The summed E-state index contributed by atoms with van der Waals surface area (Å²) in [7, 11) is 0. The molecule has 1 amide bonds. The number of carbonyl (C=O) groups excluding carboxylic acids is 1. The normalized spacial score (nSPS) is 19.2. The van der Waals surface area contributed by atoms with Crippen LogP contribution < -0.4 is 5.32 Å². The number of nitrogens with one attached hydrogen (secondary N) is 1. The monoisotopic (exact) mass is 410 g/mol. The molecule has 6 nitrogen and oxygen atoms in total. The minimum absolute atomic E-state index is 0.0661. The van der Waals surface area contributed by atoms with E-state index in [1.165, 1.54) is 16.8 Å². The van der Waals surface area contributed by atoms with Crippen molar-refractivity contribution >= 4 is 5.91 Å². The maximum atomic E-state index is 13.3. The van der Waals surface area contributed by atoms with Gasteiger partial charge >= 0.3 is 0 Å². The lowest BCUT2D eigenvalue weighted by Crippen LogP contribution is -2.41. The average Bonchev–Trinajstić information content (AvgIpc) is 3.09. The molecule has 1 aromatic heterocycles. The number of aromatic nitrogens is 2. The van der Waals surface area contributed by atoms with Crippen molar-refractivity contribution in [1.29, 1.82) is 0 Å². The van der Waals surface area contributed by atoms with Crippen LogP contribution in [0, 0.1) is 12.8 Å². The Morgan fingerprint density at radius 2 is 2.10 bits per heavy atom. The zero-order chi connectivity index (χ0) is 21.1. The molecule has 2 heterocycles. The summed E-state index contributed by atoms with van der Waals surface area (Å²) < 4.78 is 7.53. The van der Waals surface area contributed by atoms with Crippen molar-refractivity contribution in [3.05, 3.63) is 52.3 Å². The predicted molar refractivity (Wildman–Crippen MR) is 118 cm³/mol. The largest absolute Gasteiger partial charge is 0.378 e. The summed E-state index contributed by atoms with van der Waals surface area (Å²) >= 11 is 0. The van der Waals surface area contributed by atoms with Crippen LogP contribution >= 0.6 is 0 Å². The van der Waals surface area contributed by atoms with Gasteiger partial charge in [0.25, 0.3) is 5.91 Å². The maximum absolute atomic E-state index is 13.3. The summed E-state index contributed by atoms with van der Waals surface area (Å²) in [6.07, 6.45) is 2.91. The van der Waals surface area contributed by atoms with Crippen molar-refractivity contribution < 1.29 is 9.53 Å². The standard InChI is InChI=1S/C24H34N4O2/c1-17(2)16-28-22-8-7-20(25-15-19-6-4-5-18(3)13-19)14-21(22)23(26-28)24(29)27-9-11-30-12-10-27/h4-6,13,17,20,25H,7-12,14-16H2,1-3H3/t20-/m0/s1. The summed E-state index contributed by atoms with van der Waals surface area (Å²) in [6, 6.07) is 9.01. The number of amides is 1. The molecule has 2 aliphatic rings. The number of benzene rings is 1. The highest BCUT2D eigenvalue weighted by atomic mass is 16.5. The van der Waals surface area contributed by atoms with Crippen molar-refractivity contribution in [3.8, 4) is 0 Å². The van der Waals surface area contributed by atoms with E-state index in [1.54, 1.807) is 0 Å². The molecule has 0 saturated carbocycles. The lowest BCUT2D eigenvalue weighted by molar-refractivity contribution is 0.0297. The van der Waals surface area contributed by atoms with Gasteiger partial charge in [-0.15, -0.1) is 0 Å². The van der Waals surface area contributed by atoms with Crippen LogP contribution in [0.1, 0.15) is 53.1 Å². The van der Waals surface area contributed by atoms with E-state index >= 15 is 0 Å². The van der Waals surface area contributed by atoms with E-state index in [2.05, 4.69) is 55.0 Å². The second-order valence-corrected chi connectivity index (χ2v) is 9.06. The van der Waals surface area contributed by atoms with Gasteiger partial charge in [-0.2, -0.15) is 5.10 Å². The number of fused-ring (bicyclic) bond motifs is 1.